The van der Waals surface area contributed by atoms with Crippen LogP contribution in [0.1, 0.15) is 55.8 Å². The summed E-state index contributed by atoms with van der Waals surface area (Å²) in [6.07, 6.45) is -0.00335. The van der Waals surface area contributed by atoms with E-state index in [1.54, 1.807) is 29.2 Å². The number of piperidine rings is 1. The Morgan fingerprint density at radius 1 is 1.18 bits per heavy atom. The number of pyridine rings is 1. The highest BCUT2D eigenvalue weighted by Crippen LogP contribution is 2.53. The van der Waals surface area contributed by atoms with Gasteiger partial charge in [-0.1, -0.05) is 12.5 Å². The summed E-state index contributed by atoms with van der Waals surface area (Å²) in [6, 6.07) is 7.62. The summed E-state index contributed by atoms with van der Waals surface area (Å²) in [5.74, 6) is -0.196. The van der Waals surface area contributed by atoms with Crippen molar-refractivity contribution < 1.29 is 32.2 Å². The molecule has 0 spiro atoms. The number of halogens is 4. The molecular formula is C29H35F4N3O3. The van der Waals surface area contributed by atoms with Crippen molar-refractivity contribution in [3.05, 3.63) is 47.9 Å². The van der Waals surface area contributed by atoms with E-state index in [2.05, 4.69) is 4.98 Å². The number of benzene rings is 1. The molecule has 5 rings (SSSR count). The Bertz CT molecular complexity index is 1160. The summed E-state index contributed by atoms with van der Waals surface area (Å²) in [6.45, 7) is 3.89. The summed E-state index contributed by atoms with van der Waals surface area (Å²) in [4.78, 5) is 20.6. The van der Waals surface area contributed by atoms with Crippen LogP contribution in [0.15, 0.2) is 36.5 Å². The molecule has 2 saturated heterocycles. The lowest BCUT2D eigenvalue weighted by Crippen LogP contribution is -2.53. The fourth-order valence-electron chi connectivity index (χ4n) is 6.04. The number of aliphatic hydroxyl groups is 1. The maximum atomic E-state index is 14.9. The van der Waals surface area contributed by atoms with Crippen molar-refractivity contribution in [3.63, 3.8) is 0 Å². The van der Waals surface area contributed by atoms with Crippen molar-refractivity contribution in [1.82, 2.24) is 14.8 Å². The first-order chi connectivity index (χ1) is 18.5. The van der Waals surface area contributed by atoms with Gasteiger partial charge in [0.15, 0.2) is 0 Å². The SMILES string of the molecule is C[C@H]1C[C@@H](O)CN1C(=O)c1ccc(-c2ccc(OCC3CCN(CC4(C(F)(F)F)CCC4)CC3)nc2)c(F)c1. The minimum Gasteiger partial charge on any atom is -0.477 e. The van der Waals surface area contributed by atoms with Crippen LogP contribution in [0.3, 0.4) is 0 Å². The van der Waals surface area contributed by atoms with E-state index in [1.165, 1.54) is 12.3 Å². The minimum atomic E-state index is -4.14. The molecule has 3 heterocycles. The number of carbonyl (C=O) groups excluding carboxylic acids is 1. The third-order valence-electron chi connectivity index (χ3n) is 8.69. The third-order valence-corrected chi connectivity index (χ3v) is 8.69. The van der Waals surface area contributed by atoms with Gasteiger partial charge in [-0.3, -0.25) is 4.79 Å². The number of carbonyl (C=O) groups is 1. The van der Waals surface area contributed by atoms with Gasteiger partial charge in [-0.25, -0.2) is 9.37 Å². The molecule has 1 N–H and O–H groups in total. The zero-order chi connectivity index (χ0) is 27.8. The number of nitrogens with zero attached hydrogens (tertiary/aromatic N) is 3. The van der Waals surface area contributed by atoms with Crippen LogP contribution < -0.4 is 4.74 Å². The molecule has 212 valence electrons. The number of hydrogen-bond acceptors (Lipinski definition) is 5. The number of alkyl halides is 3. The second-order valence-electron chi connectivity index (χ2n) is 11.4. The molecule has 0 radical (unpaired) electrons. The van der Waals surface area contributed by atoms with E-state index in [-0.39, 0.29) is 49.4 Å². The zero-order valence-electron chi connectivity index (χ0n) is 22.1. The van der Waals surface area contributed by atoms with E-state index in [0.717, 1.165) is 12.8 Å². The molecule has 2 atom stereocenters. The van der Waals surface area contributed by atoms with E-state index < -0.39 is 23.5 Å². The van der Waals surface area contributed by atoms with E-state index >= 15 is 0 Å². The van der Waals surface area contributed by atoms with Crippen molar-refractivity contribution in [2.24, 2.45) is 11.3 Å². The van der Waals surface area contributed by atoms with Gasteiger partial charge >= 0.3 is 6.18 Å². The van der Waals surface area contributed by atoms with E-state index in [4.69, 9.17) is 4.74 Å². The summed E-state index contributed by atoms with van der Waals surface area (Å²) in [5, 5.41) is 9.81. The van der Waals surface area contributed by atoms with Crippen LogP contribution in [0.4, 0.5) is 17.6 Å². The topological polar surface area (TPSA) is 65.9 Å². The highest BCUT2D eigenvalue weighted by molar-refractivity contribution is 5.95. The van der Waals surface area contributed by atoms with Crippen molar-refractivity contribution in [2.75, 3.05) is 32.8 Å². The molecule has 0 unspecified atom stereocenters. The average Bonchev–Trinajstić information content (AvgIpc) is 3.22. The van der Waals surface area contributed by atoms with Crippen LogP contribution in [-0.4, -0.2) is 76.9 Å². The van der Waals surface area contributed by atoms with Gasteiger partial charge < -0.3 is 19.6 Å². The maximum Gasteiger partial charge on any atom is 0.395 e. The molecule has 1 aromatic heterocycles. The Morgan fingerprint density at radius 3 is 2.46 bits per heavy atom. The second-order valence-corrected chi connectivity index (χ2v) is 11.4. The summed E-state index contributed by atoms with van der Waals surface area (Å²) in [7, 11) is 0. The predicted octanol–water partition coefficient (Wildman–Crippen LogP) is 5.31. The van der Waals surface area contributed by atoms with Gasteiger partial charge in [-0.2, -0.15) is 13.2 Å². The fraction of sp³-hybridized carbons (Fsp3) is 0.586. The number of likely N-dealkylation sites (tertiary alicyclic amines) is 2. The van der Waals surface area contributed by atoms with Gasteiger partial charge in [0.1, 0.15) is 5.82 Å². The summed E-state index contributed by atoms with van der Waals surface area (Å²) in [5.41, 5.74) is -0.424. The average molecular weight is 550 g/mol. The molecule has 10 heteroatoms. The molecule has 3 fully saturated rings. The lowest BCUT2D eigenvalue weighted by Gasteiger charge is -2.47. The minimum absolute atomic E-state index is 0.0965. The van der Waals surface area contributed by atoms with Crippen molar-refractivity contribution in [3.8, 4) is 17.0 Å². The maximum absolute atomic E-state index is 14.9. The Labute approximate surface area is 226 Å². The first-order valence-corrected chi connectivity index (χ1v) is 13.7. The van der Waals surface area contributed by atoms with Gasteiger partial charge in [0.2, 0.25) is 5.88 Å². The lowest BCUT2D eigenvalue weighted by molar-refractivity contribution is -0.256. The lowest BCUT2D eigenvalue weighted by atomic mass is 9.67. The molecule has 1 saturated carbocycles. The Hall–Kier alpha value is -2.72. The molecule has 0 bridgehead atoms. The number of aliphatic hydroxyl groups excluding tert-OH is 1. The largest absolute Gasteiger partial charge is 0.477 e. The van der Waals surface area contributed by atoms with Crippen molar-refractivity contribution in [2.45, 2.75) is 63.8 Å². The van der Waals surface area contributed by atoms with Crippen LogP contribution in [-0.2, 0) is 0 Å². The Balaban J connectivity index is 1.12. The Kier molecular flexibility index (Phi) is 7.88. The van der Waals surface area contributed by atoms with Crippen LogP contribution in [0.25, 0.3) is 11.1 Å². The normalized spacial score (nSPS) is 24.0. The Morgan fingerprint density at radius 2 is 1.92 bits per heavy atom. The van der Waals surface area contributed by atoms with Crippen LogP contribution in [0, 0.1) is 17.2 Å². The standard InChI is InChI=1S/C29H35F4N3O3/c1-19-13-23(37)16-36(19)27(38)21-3-5-24(25(30)14-21)22-4-6-26(34-15-22)39-17-20-7-11-35(12-8-20)18-28(9-2-10-28)29(31,32)33/h3-6,14-15,19-20,23,37H,2,7-13,16-18H2,1H3/t19-,23+/m0/s1. The van der Waals surface area contributed by atoms with E-state index in [9.17, 15) is 27.5 Å². The first-order valence-electron chi connectivity index (χ1n) is 13.7. The molecule has 1 aromatic carbocycles. The van der Waals surface area contributed by atoms with Crippen LogP contribution in [0.2, 0.25) is 0 Å². The predicted molar refractivity (Wildman–Crippen MR) is 138 cm³/mol. The molecule has 2 aliphatic heterocycles. The molecular weight excluding hydrogens is 514 g/mol. The quantitative estimate of drug-likeness (QED) is 0.475. The van der Waals surface area contributed by atoms with Crippen molar-refractivity contribution in [1.29, 1.82) is 0 Å². The summed E-state index contributed by atoms with van der Waals surface area (Å²) < 4.78 is 61.2. The molecule has 1 amide bonds. The van der Waals surface area contributed by atoms with Crippen LogP contribution in [0.5, 0.6) is 5.88 Å². The fourth-order valence-corrected chi connectivity index (χ4v) is 6.04. The molecule has 6 nitrogen and oxygen atoms in total. The zero-order valence-corrected chi connectivity index (χ0v) is 22.1. The van der Waals surface area contributed by atoms with Gasteiger partial charge in [0.05, 0.1) is 18.1 Å². The van der Waals surface area contributed by atoms with Crippen LogP contribution >= 0.6 is 0 Å². The number of rotatable bonds is 7. The van der Waals surface area contributed by atoms with Gasteiger partial charge in [0.25, 0.3) is 5.91 Å². The van der Waals surface area contributed by atoms with E-state index in [0.29, 0.717) is 49.5 Å². The smallest absolute Gasteiger partial charge is 0.395 e. The number of hydrogen-bond donors (Lipinski definition) is 1. The highest BCUT2D eigenvalue weighted by Gasteiger charge is 2.58. The monoisotopic (exact) mass is 549 g/mol. The first kappa shape index (κ1) is 27.8. The third kappa shape index (κ3) is 5.91. The number of aromatic nitrogens is 1. The van der Waals surface area contributed by atoms with Gasteiger partial charge in [-0.15, -0.1) is 0 Å². The molecule has 2 aromatic rings. The molecule has 39 heavy (non-hydrogen) atoms. The highest BCUT2D eigenvalue weighted by atomic mass is 19.4. The summed E-state index contributed by atoms with van der Waals surface area (Å²) >= 11 is 0. The number of β-amino-alcohol motifs (C(OH)–C–C–N with tert-alkyl or cyclic N) is 1. The number of amides is 1. The second kappa shape index (κ2) is 11.0. The van der Waals surface area contributed by atoms with E-state index in [1.807, 2.05) is 11.8 Å². The van der Waals surface area contributed by atoms with Gasteiger partial charge in [-0.05, 0) is 76.2 Å². The van der Waals surface area contributed by atoms with Crippen molar-refractivity contribution >= 4 is 5.91 Å². The molecule has 3 aliphatic rings. The number of ether oxygens (including phenoxy) is 1. The van der Waals surface area contributed by atoms with Gasteiger partial charge in [0, 0.05) is 48.1 Å². The molecule has 1 aliphatic carbocycles.